The molecule has 150 valence electrons. The van der Waals surface area contributed by atoms with Crippen LogP contribution in [0.25, 0.3) is 16.5 Å². The summed E-state index contributed by atoms with van der Waals surface area (Å²) in [6.07, 6.45) is 3.72. The molecule has 5 rings (SSSR count). The SMILES string of the molecule is CC1CCN([C@@H](c2cccc(F)c2)c2sc3nc(-c4ccco4)nn3c2O)CC1. The van der Waals surface area contributed by atoms with Gasteiger partial charge in [0.05, 0.1) is 17.2 Å². The van der Waals surface area contributed by atoms with E-state index in [0.717, 1.165) is 36.4 Å². The number of hydrogen-bond donors (Lipinski definition) is 1. The number of aromatic nitrogens is 3. The number of benzene rings is 1. The largest absolute Gasteiger partial charge is 0.492 e. The number of furan rings is 1. The normalized spacial score (nSPS) is 17.2. The quantitative estimate of drug-likeness (QED) is 0.526. The average molecular weight is 412 g/mol. The molecule has 1 fully saturated rings. The summed E-state index contributed by atoms with van der Waals surface area (Å²) in [5.74, 6) is 1.41. The first-order valence-electron chi connectivity index (χ1n) is 9.72. The van der Waals surface area contributed by atoms with Crippen LogP contribution in [-0.2, 0) is 0 Å². The fourth-order valence-corrected chi connectivity index (χ4v) is 5.05. The van der Waals surface area contributed by atoms with Gasteiger partial charge in [-0.05, 0) is 61.7 Å². The van der Waals surface area contributed by atoms with Crippen molar-refractivity contribution in [3.05, 3.63) is 58.9 Å². The predicted molar refractivity (Wildman–Crippen MR) is 108 cm³/mol. The van der Waals surface area contributed by atoms with Crippen LogP contribution in [0, 0.1) is 11.7 Å². The van der Waals surface area contributed by atoms with Crippen LogP contribution in [0.5, 0.6) is 5.88 Å². The van der Waals surface area contributed by atoms with E-state index in [9.17, 15) is 9.50 Å². The molecule has 0 spiro atoms. The Morgan fingerprint density at radius 1 is 1.24 bits per heavy atom. The summed E-state index contributed by atoms with van der Waals surface area (Å²) in [5, 5.41) is 15.4. The summed E-state index contributed by atoms with van der Waals surface area (Å²) in [7, 11) is 0. The van der Waals surface area contributed by atoms with Crippen LogP contribution in [0.4, 0.5) is 4.39 Å². The summed E-state index contributed by atoms with van der Waals surface area (Å²) >= 11 is 1.38. The van der Waals surface area contributed by atoms with E-state index in [0.29, 0.717) is 22.5 Å². The van der Waals surface area contributed by atoms with E-state index in [2.05, 4.69) is 21.9 Å². The lowest BCUT2D eigenvalue weighted by Crippen LogP contribution is -2.36. The van der Waals surface area contributed by atoms with Gasteiger partial charge < -0.3 is 9.52 Å². The molecular weight excluding hydrogens is 391 g/mol. The van der Waals surface area contributed by atoms with Crippen LogP contribution in [0.3, 0.4) is 0 Å². The van der Waals surface area contributed by atoms with Gasteiger partial charge in [0.25, 0.3) is 0 Å². The smallest absolute Gasteiger partial charge is 0.230 e. The van der Waals surface area contributed by atoms with Gasteiger partial charge in [0.15, 0.2) is 5.76 Å². The third kappa shape index (κ3) is 3.32. The molecule has 3 aromatic heterocycles. The fraction of sp³-hybridized carbons (Fsp3) is 0.333. The van der Waals surface area contributed by atoms with E-state index in [4.69, 9.17) is 4.42 Å². The van der Waals surface area contributed by atoms with Crippen LogP contribution >= 0.6 is 11.3 Å². The number of thiazole rings is 1. The Morgan fingerprint density at radius 3 is 2.76 bits per heavy atom. The Bertz CT molecular complexity index is 1130. The van der Waals surface area contributed by atoms with Gasteiger partial charge in [-0.25, -0.2) is 4.39 Å². The van der Waals surface area contributed by atoms with Gasteiger partial charge in [-0.3, -0.25) is 4.90 Å². The van der Waals surface area contributed by atoms with E-state index >= 15 is 0 Å². The maximum absolute atomic E-state index is 14.0. The molecule has 1 aliphatic rings. The van der Waals surface area contributed by atoms with Crippen LogP contribution in [0.2, 0.25) is 0 Å². The van der Waals surface area contributed by atoms with Crippen molar-refractivity contribution in [2.24, 2.45) is 5.92 Å². The molecule has 0 radical (unpaired) electrons. The molecular formula is C21H21FN4O2S. The van der Waals surface area contributed by atoms with E-state index < -0.39 is 0 Å². The molecule has 1 aliphatic heterocycles. The Kier molecular flexibility index (Phi) is 4.60. The van der Waals surface area contributed by atoms with Crippen molar-refractivity contribution in [1.82, 2.24) is 19.5 Å². The average Bonchev–Trinajstić information content (AvgIpc) is 3.43. The lowest BCUT2D eigenvalue weighted by molar-refractivity contribution is 0.157. The molecule has 6 nitrogen and oxygen atoms in total. The summed E-state index contributed by atoms with van der Waals surface area (Å²) in [6, 6.07) is 9.93. The Morgan fingerprint density at radius 2 is 2.07 bits per heavy atom. The number of piperidine rings is 1. The van der Waals surface area contributed by atoms with Gasteiger partial charge >= 0.3 is 0 Å². The highest BCUT2D eigenvalue weighted by molar-refractivity contribution is 7.17. The van der Waals surface area contributed by atoms with Gasteiger partial charge in [0.1, 0.15) is 5.82 Å². The standard InChI is InChI=1S/C21H21FN4O2S/c1-13-7-9-25(10-8-13)17(14-4-2-5-15(22)12-14)18-20(27)26-21(29-18)23-19(24-26)16-6-3-11-28-16/h2-6,11-13,17,27H,7-10H2,1H3/t17-/m0/s1. The summed E-state index contributed by atoms with van der Waals surface area (Å²) in [4.78, 5) is 8.13. The summed E-state index contributed by atoms with van der Waals surface area (Å²) < 4.78 is 20.8. The number of aromatic hydroxyl groups is 1. The molecule has 29 heavy (non-hydrogen) atoms. The number of hydrogen-bond acceptors (Lipinski definition) is 6. The zero-order chi connectivity index (χ0) is 20.0. The summed E-state index contributed by atoms with van der Waals surface area (Å²) in [6.45, 7) is 4.05. The first-order valence-corrected chi connectivity index (χ1v) is 10.5. The zero-order valence-electron chi connectivity index (χ0n) is 16.0. The van der Waals surface area contributed by atoms with Crippen molar-refractivity contribution in [2.45, 2.75) is 25.8 Å². The molecule has 1 N–H and O–H groups in total. The molecule has 4 aromatic rings. The second-order valence-corrected chi connectivity index (χ2v) is 8.58. The van der Waals surface area contributed by atoms with E-state index in [1.54, 1.807) is 30.5 Å². The van der Waals surface area contributed by atoms with Crippen LogP contribution in [-0.4, -0.2) is 37.7 Å². The van der Waals surface area contributed by atoms with E-state index in [1.165, 1.54) is 21.9 Å². The van der Waals surface area contributed by atoms with E-state index in [-0.39, 0.29) is 17.7 Å². The van der Waals surface area contributed by atoms with Crippen molar-refractivity contribution >= 4 is 16.3 Å². The zero-order valence-corrected chi connectivity index (χ0v) is 16.8. The number of likely N-dealkylation sites (tertiary alicyclic amines) is 1. The van der Waals surface area contributed by atoms with Crippen LogP contribution in [0.1, 0.15) is 36.2 Å². The number of fused-ring (bicyclic) bond motifs is 1. The second kappa shape index (κ2) is 7.27. The third-order valence-corrected chi connectivity index (χ3v) is 6.61. The van der Waals surface area contributed by atoms with Crippen molar-refractivity contribution in [2.75, 3.05) is 13.1 Å². The van der Waals surface area contributed by atoms with Crippen molar-refractivity contribution in [3.63, 3.8) is 0 Å². The summed E-state index contributed by atoms with van der Waals surface area (Å²) in [5.41, 5.74) is 0.825. The Hall–Kier alpha value is -2.71. The molecule has 8 heteroatoms. The molecule has 0 bridgehead atoms. The lowest BCUT2D eigenvalue weighted by Gasteiger charge is -2.36. The molecule has 0 aliphatic carbocycles. The number of rotatable bonds is 4. The second-order valence-electron chi connectivity index (χ2n) is 7.57. The van der Waals surface area contributed by atoms with Gasteiger partial charge in [-0.2, -0.15) is 9.50 Å². The lowest BCUT2D eigenvalue weighted by atomic mass is 9.95. The monoisotopic (exact) mass is 412 g/mol. The van der Waals surface area contributed by atoms with Crippen molar-refractivity contribution in [1.29, 1.82) is 0 Å². The topological polar surface area (TPSA) is 66.8 Å². The highest BCUT2D eigenvalue weighted by Crippen LogP contribution is 2.41. The maximum atomic E-state index is 14.0. The van der Waals surface area contributed by atoms with Crippen LogP contribution < -0.4 is 0 Å². The Labute approximate surface area is 171 Å². The predicted octanol–water partition coefficient (Wildman–Crippen LogP) is 4.72. The minimum atomic E-state index is -0.281. The maximum Gasteiger partial charge on any atom is 0.230 e. The van der Waals surface area contributed by atoms with E-state index in [1.807, 2.05) is 6.07 Å². The molecule has 0 amide bonds. The minimum Gasteiger partial charge on any atom is -0.492 e. The van der Waals surface area contributed by atoms with Crippen molar-refractivity contribution < 1.29 is 13.9 Å². The highest BCUT2D eigenvalue weighted by Gasteiger charge is 2.32. The number of nitrogens with zero attached hydrogens (tertiary/aromatic N) is 4. The molecule has 0 unspecified atom stereocenters. The van der Waals surface area contributed by atoms with Gasteiger partial charge in [0, 0.05) is 0 Å². The first-order chi connectivity index (χ1) is 14.1. The molecule has 4 heterocycles. The molecule has 1 aromatic carbocycles. The van der Waals surface area contributed by atoms with Gasteiger partial charge in [-0.15, -0.1) is 5.10 Å². The molecule has 1 atom stereocenters. The first kappa shape index (κ1) is 18.3. The Balaban J connectivity index is 1.59. The van der Waals surface area contributed by atoms with Gasteiger partial charge in [0.2, 0.25) is 16.7 Å². The fourth-order valence-electron chi connectivity index (χ4n) is 3.93. The third-order valence-electron chi connectivity index (χ3n) is 5.54. The number of halogens is 1. The van der Waals surface area contributed by atoms with Gasteiger partial charge in [-0.1, -0.05) is 30.4 Å². The molecule has 1 saturated heterocycles. The highest BCUT2D eigenvalue weighted by atomic mass is 32.1. The van der Waals surface area contributed by atoms with Crippen molar-refractivity contribution in [3.8, 4) is 17.5 Å². The molecule has 0 saturated carbocycles. The minimum absolute atomic E-state index is 0.0446. The van der Waals surface area contributed by atoms with Crippen LogP contribution in [0.15, 0.2) is 47.1 Å².